The van der Waals surface area contributed by atoms with E-state index in [9.17, 15) is 14.4 Å². The highest BCUT2D eigenvalue weighted by molar-refractivity contribution is 6.36. The smallest absolute Gasteiger partial charge is 0.434 e. The van der Waals surface area contributed by atoms with E-state index in [0.29, 0.717) is 5.02 Å². The number of carbonyl (C=O) groups is 3. The molecule has 0 radical (unpaired) electrons. The van der Waals surface area contributed by atoms with Crippen LogP contribution in [0.25, 0.3) is 0 Å². The minimum absolute atomic E-state index is 0.0818. The third-order valence-corrected chi connectivity index (χ3v) is 3.69. The third kappa shape index (κ3) is 5.86. The summed E-state index contributed by atoms with van der Waals surface area (Å²) in [7, 11) is 0. The average Bonchev–Trinajstić information content (AvgIpc) is 2.95. The van der Waals surface area contributed by atoms with E-state index >= 15 is 0 Å². The lowest BCUT2D eigenvalue weighted by molar-refractivity contribution is 0.0922. The van der Waals surface area contributed by atoms with Gasteiger partial charge in [0.05, 0.1) is 24.3 Å². The van der Waals surface area contributed by atoms with Crippen molar-refractivity contribution in [2.24, 2.45) is 0 Å². The van der Waals surface area contributed by atoms with Crippen molar-refractivity contribution in [3.63, 3.8) is 0 Å². The molecular formula is C17H16Cl2N2O7. The SMILES string of the molecule is CCOC(=O)Oc1cc(OC(=O)OCC)n(CC(=O)c2ccc(Cl)cc2Cl)n1. The number of hydrogen-bond acceptors (Lipinski definition) is 8. The van der Waals surface area contributed by atoms with Gasteiger partial charge in [0.25, 0.3) is 0 Å². The van der Waals surface area contributed by atoms with Crippen LogP contribution in [0.2, 0.25) is 10.0 Å². The van der Waals surface area contributed by atoms with Crippen LogP contribution in [-0.4, -0.2) is 41.1 Å². The van der Waals surface area contributed by atoms with Crippen LogP contribution in [0.1, 0.15) is 24.2 Å². The third-order valence-electron chi connectivity index (χ3n) is 3.15. The summed E-state index contributed by atoms with van der Waals surface area (Å²) in [6.45, 7) is 3.02. The van der Waals surface area contributed by atoms with Gasteiger partial charge in [-0.1, -0.05) is 23.2 Å². The van der Waals surface area contributed by atoms with Crippen molar-refractivity contribution in [3.05, 3.63) is 39.9 Å². The molecule has 1 heterocycles. The van der Waals surface area contributed by atoms with Crippen LogP contribution in [0.15, 0.2) is 24.3 Å². The predicted molar refractivity (Wildman–Crippen MR) is 98.3 cm³/mol. The van der Waals surface area contributed by atoms with Crippen LogP contribution in [0.5, 0.6) is 11.8 Å². The molecule has 28 heavy (non-hydrogen) atoms. The Balaban J connectivity index is 2.26. The first-order valence-corrected chi connectivity index (χ1v) is 8.84. The van der Waals surface area contributed by atoms with Gasteiger partial charge in [-0.3, -0.25) is 4.79 Å². The number of halogens is 2. The molecule has 11 heteroatoms. The Hall–Kier alpha value is -2.78. The van der Waals surface area contributed by atoms with Gasteiger partial charge in [-0.2, -0.15) is 0 Å². The zero-order valence-electron chi connectivity index (χ0n) is 14.9. The number of benzene rings is 1. The first kappa shape index (κ1) is 21.5. The van der Waals surface area contributed by atoms with E-state index in [1.165, 1.54) is 18.2 Å². The Labute approximate surface area is 170 Å². The summed E-state index contributed by atoms with van der Waals surface area (Å²) in [6, 6.07) is 5.53. The molecule has 0 aliphatic carbocycles. The molecule has 0 saturated heterocycles. The van der Waals surface area contributed by atoms with Gasteiger partial charge in [-0.15, -0.1) is 5.10 Å². The fraction of sp³-hybridized carbons (Fsp3) is 0.294. The zero-order valence-corrected chi connectivity index (χ0v) is 16.5. The van der Waals surface area contributed by atoms with Gasteiger partial charge in [0.1, 0.15) is 6.54 Å². The van der Waals surface area contributed by atoms with Gasteiger partial charge in [0, 0.05) is 10.6 Å². The summed E-state index contributed by atoms with van der Waals surface area (Å²) in [4.78, 5) is 35.6. The topological polar surface area (TPSA) is 106 Å². The van der Waals surface area contributed by atoms with Gasteiger partial charge in [-0.25, -0.2) is 14.3 Å². The normalized spacial score (nSPS) is 10.3. The number of carbonyl (C=O) groups excluding carboxylic acids is 3. The summed E-state index contributed by atoms with van der Waals surface area (Å²) in [5.41, 5.74) is 0.191. The Kier molecular flexibility index (Phi) is 7.65. The number of aromatic nitrogens is 2. The highest BCUT2D eigenvalue weighted by Crippen LogP contribution is 2.24. The lowest BCUT2D eigenvalue weighted by atomic mass is 10.1. The molecule has 0 amide bonds. The van der Waals surface area contributed by atoms with Crippen LogP contribution < -0.4 is 9.47 Å². The van der Waals surface area contributed by atoms with Gasteiger partial charge in [0.15, 0.2) is 5.78 Å². The van der Waals surface area contributed by atoms with Gasteiger partial charge >= 0.3 is 12.3 Å². The monoisotopic (exact) mass is 430 g/mol. The minimum Gasteiger partial charge on any atom is -0.434 e. The number of Topliss-reactive ketones (excluding diaryl/α,β-unsaturated/α-hetero) is 1. The predicted octanol–water partition coefficient (Wildman–Crippen LogP) is 4.14. The molecule has 1 aromatic heterocycles. The van der Waals surface area contributed by atoms with E-state index in [-0.39, 0.29) is 42.1 Å². The van der Waals surface area contributed by atoms with Crippen molar-refractivity contribution in [3.8, 4) is 11.8 Å². The molecule has 9 nitrogen and oxygen atoms in total. The highest BCUT2D eigenvalue weighted by Gasteiger charge is 2.20. The van der Waals surface area contributed by atoms with E-state index < -0.39 is 18.1 Å². The lowest BCUT2D eigenvalue weighted by Crippen LogP contribution is -2.17. The molecule has 0 spiro atoms. The quantitative estimate of drug-likeness (QED) is 0.476. The first-order valence-electron chi connectivity index (χ1n) is 8.09. The molecular weight excluding hydrogens is 415 g/mol. The number of ketones is 1. The van der Waals surface area contributed by atoms with Crippen molar-refractivity contribution in [1.82, 2.24) is 9.78 Å². The number of ether oxygens (including phenoxy) is 4. The molecule has 1 aromatic carbocycles. The molecule has 0 aliphatic rings. The molecule has 0 fully saturated rings. The Morgan fingerprint density at radius 2 is 1.64 bits per heavy atom. The summed E-state index contributed by atoms with van der Waals surface area (Å²) < 4.78 is 20.2. The van der Waals surface area contributed by atoms with Gasteiger partial charge < -0.3 is 18.9 Å². The maximum Gasteiger partial charge on any atom is 0.515 e. The number of nitrogens with zero attached hydrogens (tertiary/aromatic N) is 2. The second-order valence-corrected chi connectivity index (χ2v) is 5.94. The van der Waals surface area contributed by atoms with Crippen molar-refractivity contribution in [2.45, 2.75) is 20.4 Å². The standard InChI is InChI=1S/C17H16Cl2N2O7/c1-3-25-16(23)27-14-8-15(28-17(24)26-4-2)21(20-14)9-13(22)11-6-5-10(18)7-12(11)19/h5-8H,3-4,9H2,1-2H3. The van der Waals surface area contributed by atoms with Crippen molar-refractivity contribution < 1.29 is 33.3 Å². The zero-order chi connectivity index (χ0) is 20.7. The van der Waals surface area contributed by atoms with Crippen molar-refractivity contribution in [2.75, 3.05) is 13.2 Å². The van der Waals surface area contributed by atoms with Crippen LogP contribution in [0.4, 0.5) is 9.59 Å². The molecule has 0 aliphatic heterocycles. The first-order chi connectivity index (χ1) is 13.3. The van der Waals surface area contributed by atoms with E-state index in [1.54, 1.807) is 13.8 Å². The second kappa shape index (κ2) is 9.95. The van der Waals surface area contributed by atoms with Crippen LogP contribution >= 0.6 is 23.2 Å². The van der Waals surface area contributed by atoms with Crippen molar-refractivity contribution in [1.29, 1.82) is 0 Å². The second-order valence-electron chi connectivity index (χ2n) is 5.10. The molecule has 0 N–H and O–H groups in total. The fourth-order valence-corrected chi connectivity index (χ4v) is 2.54. The molecule has 150 valence electrons. The lowest BCUT2D eigenvalue weighted by Gasteiger charge is -2.08. The maximum absolute atomic E-state index is 12.6. The molecule has 0 bridgehead atoms. The summed E-state index contributed by atoms with van der Waals surface area (Å²) in [5, 5.41) is 4.45. The highest BCUT2D eigenvalue weighted by atomic mass is 35.5. The molecule has 2 aromatic rings. The van der Waals surface area contributed by atoms with Crippen LogP contribution in [0, 0.1) is 0 Å². The fourth-order valence-electron chi connectivity index (χ4n) is 2.02. The number of hydrogen-bond donors (Lipinski definition) is 0. The average molecular weight is 431 g/mol. The summed E-state index contributed by atoms with van der Waals surface area (Å²) in [6.07, 6.45) is -2.01. The van der Waals surface area contributed by atoms with Crippen molar-refractivity contribution >= 4 is 41.3 Å². The summed E-state index contributed by atoms with van der Waals surface area (Å²) >= 11 is 11.9. The molecule has 0 saturated carbocycles. The van der Waals surface area contributed by atoms with E-state index in [1.807, 2.05) is 0 Å². The molecule has 2 rings (SSSR count). The van der Waals surface area contributed by atoms with E-state index in [0.717, 1.165) is 10.7 Å². The van der Waals surface area contributed by atoms with Gasteiger partial charge in [-0.05, 0) is 32.0 Å². The molecule has 0 atom stereocenters. The van der Waals surface area contributed by atoms with Crippen LogP contribution in [-0.2, 0) is 16.0 Å². The van der Waals surface area contributed by atoms with E-state index in [4.69, 9.17) is 37.4 Å². The Morgan fingerprint density at radius 3 is 2.25 bits per heavy atom. The Morgan fingerprint density at radius 1 is 1.00 bits per heavy atom. The van der Waals surface area contributed by atoms with Gasteiger partial charge in [0.2, 0.25) is 11.8 Å². The van der Waals surface area contributed by atoms with E-state index in [2.05, 4.69) is 9.84 Å². The minimum atomic E-state index is -1.01. The maximum atomic E-state index is 12.6. The molecule has 0 unspecified atom stereocenters. The summed E-state index contributed by atoms with van der Waals surface area (Å²) in [5.74, 6) is -0.843. The van der Waals surface area contributed by atoms with Crippen LogP contribution in [0.3, 0.4) is 0 Å². The largest absolute Gasteiger partial charge is 0.515 e. The Bertz CT molecular complexity index is 882. The number of rotatable bonds is 7.